The van der Waals surface area contributed by atoms with Gasteiger partial charge in [0.05, 0.1) is 0 Å². The Kier molecular flexibility index (Phi) is 7.27. The normalized spacial score (nSPS) is 12.8. The predicted molar refractivity (Wildman–Crippen MR) is 48.5 cm³/mol. The number of allylic oxidation sites excluding steroid dienone is 1. The first kappa shape index (κ1) is 14.2. The molecule has 4 nitrogen and oxygen atoms in total. The van der Waals surface area contributed by atoms with Crippen molar-refractivity contribution in [2.75, 3.05) is 7.11 Å². The van der Waals surface area contributed by atoms with Crippen molar-refractivity contribution in [3.63, 3.8) is 0 Å². The maximum absolute atomic E-state index is 9.99. The van der Waals surface area contributed by atoms with Crippen LogP contribution in [-0.2, 0) is 14.9 Å². The molecule has 12 heavy (non-hydrogen) atoms. The number of ether oxygens (including phenoxy) is 1. The highest BCUT2D eigenvalue weighted by molar-refractivity contribution is 7.86. The van der Waals surface area contributed by atoms with Gasteiger partial charge in [0, 0.05) is 7.11 Å². The molecule has 0 amide bonds. The van der Waals surface area contributed by atoms with E-state index in [4.69, 9.17) is 4.55 Å². The van der Waals surface area contributed by atoms with Gasteiger partial charge in [-0.1, -0.05) is 5.57 Å². The van der Waals surface area contributed by atoms with E-state index in [1.165, 1.54) is 19.6 Å². The third-order valence-corrected chi connectivity index (χ3v) is 1.78. The number of hydrogen-bond acceptors (Lipinski definition) is 3. The molecule has 0 aliphatic carbocycles. The molecule has 1 unspecified atom stereocenters. The zero-order valence-electron chi connectivity index (χ0n) is 7.86. The minimum Gasteiger partial charge on any atom is -0.363 e. The fraction of sp³-hybridized carbons (Fsp3) is 0.714. The van der Waals surface area contributed by atoms with Crippen LogP contribution >= 0.6 is 0 Å². The van der Waals surface area contributed by atoms with E-state index in [-0.39, 0.29) is 0 Å². The Morgan fingerprint density at radius 2 is 1.75 bits per heavy atom. The Labute approximate surface area is 74.0 Å². The molecule has 0 fully saturated rings. The monoisotopic (exact) mass is 196 g/mol. The Balaban J connectivity index is 0. The lowest BCUT2D eigenvalue weighted by atomic mass is 10.4. The third kappa shape index (κ3) is 12.3. The molecule has 0 radical (unpaired) electrons. The first-order valence-corrected chi connectivity index (χ1v) is 4.83. The molecule has 0 aliphatic rings. The van der Waals surface area contributed by atoms with E-state index in [0.717, 1.165) is 0 Å². The summed E-state index contributed by atoms with van der Waals surface area (Å²) in [6, 6.07) is 0. The van der Waals surface area contributed by atoms with Gasteiger partial charge in [0.15, 0.2) is 5.44 Å². The van der Waals surface area contributed by atoms with Gasteiger partial charge in [-0.05, 0) is 20.8 Å². The first-order valence-electron chi connectivity index (χ1n) is 3.33. The highest BCUT2D eigenvalue weighted by atomic mass is 32.2. The molecule has 1 atom stereocenters. The van der Waals surface area contributed by atoms with Gasteiger partial charge in [-0.3, -0.25) is 4.55 Å². The fourth-order valence-corrected chi connectivity index (χ4v) is 0.365. The fourth-order valence-electron chi connectivity index (χ4n) is 0.122. The van der Waals surface area contributed by atoms with Crippen molar-refractivity contribution < 1.29 is 17.7 Å². The molecule has 0 aromatic heterocycles. The summed E-state index contributed by atoms with van der Waals surface area (Å²) in [6.07, 6.45) is 0. The highest BCUT2D eigenvalue weighted by Crippen LogP contribution is 1.95. The molecule has 5 heteroatoms. The van der Waals surface area contributed by atoms with Gasteiger partial charge in [-0.15, -0.1) is 6.58 Å². The van der Waals surface area contributed by atoms with Crippen molar-refractivity contribution in [2.45, 2.75) is 26.2 Å². The first-order chi connectivity index (χ1) is 5.21. The van der Waals surface area contributed by atoms with Gasteiger partial charge in [0.2, 0.25) is 0 Å². The van der Waals surface area contributed by atoms with E-state index >= 15 is 0 Å². The summed E-state index contributed by atoms with van der Waals surface area (Å²) < 4.78 is 32.4. The van der Waals surface area contributed by atoms with E-state index in [1.54, 1.807) is 0 Å². The maximum Gasteiger partial charge on any atom is 0.291 e. The maximum atomic E-state index is 9.99. The lowest BCUT2D eigenvalue weighted by Gasteiger charge is -2.02. The second-order valence-electron chi connectivity index (χ2n) is 2.53. The van der Waals surface area contributed by atoms with Gasteiger partial charge >= 0.3 is 0 Å². The van der Waals surface area contributed by atoms with E-state index in [1.807, 2.05) is 13.8 Å². The highest BCUT2D eigenvalue weighted by Gasteiger charge is 2.14. The Bertz CT molecular complexity index is 214. The van der Waals surface area contributed by atoms with Gasteiger partial charge in [-0.25, -0.2) is 0 Å². The summed E-state index contributed by atoms with van der Waals surface area (Å²) in [7, 11) is -2.77. The molecule has 0 aliphatic heterocycles. The summed E-state index contributed by atoms with van der Waals surface area (Å²) >= 11 is 0. The van der Waals surface area contributed by atoms with Crippen LogP contribution in [0.3, 0.4) is 0 Å². The van der Waals surface area contributed by atoms with Crippen LogP contribution in [0.1, 0.15) is 20.8 Å². The third-order valence-electron chi connectivity index (χ3n) is 0.751. The standard InChI is InChI=1S/C4H8.C3H8O4S/c1-4(2)3;1-3(7-2)8(4,5)6/h1H2,2-3H3;3H,1-2H3,(H,4,5,6). The smallest absolute Gasteiger partial charge is 0.291 e. The quantitative estimate of drug-likeness (QED) is 0.536. The molecule has 0 saturated carbocycles. The predicted octanol–water partition coefficient (Wildman–Crippen LogP) is 1.45. The molecule has 1 N–H and O–H groups in total. The number of hydrogen-bond donors (Lipinski definition) is 1. The molecular formula is C7H16O4S. The van der Waals surface area contributed by atoms with Crippen LogP contribution in [0.2, 0.25) is 0 Å². The van der Waals surface area contributed by atoms with Crippen molar-refractivity contribution in [3.8, 4) is 0 Å². The Morgan fingerprint density at radius 3 is 1.75 bits per heavy atom. The lowest BCUT2D eigenvalue weighted by Crippen LogP contribution is -2.17. The van der Waals surface area contributed by atoms with Crippen LogP contribution in [0.25, 0.3) is 0 Å². The molecule has 0 heterocycles. The van der Waals surface area contributed by atoms with E-state index in [9.17, 15) is 8.42 Å². The van der Waals surface area contributed by atoms with Crippen LogP contribution in [0.4, 0.5) is 0 Å². The lowest BCUT2D eigenvalue weighted by molar-refractivity contribution is 0.169. The summed E-state index contributed by atoms with van der Waals surface area (Å²) in [5, 5.41) is 0. The van der Waals surface area contributed by atoms with Gasteiger partial charge in [-0.2, -0.15) is 8.42 Å². The van der Waals surface area contributed by atoms with Crippen LogP contribution in [0, 0.1) is 0 Å². The minimum atomic E-state index is -3.98. The molecule has 0 spiro atoms. The largest absolute Gasteiger partial charge is 0.363 e. The molecule has 0 aromatic carbocycles. The van der Waals surface area contributed by atoms with Crippen molar-refractivity contribution in [1.82, 2.24) is 0 Å². The molecular weight excluding hydrogens is 180 g/mol. The summed E-state index contributed by atoms with van der Waals surface area (Å²) in [6.45, 7) is 8.75. The zero-order valence-corrected chi connectivity index (χ0v) is 8.68. The minimum absolute atomic E-state index is 1.12. The van der Waals surface area contributed by atoms with Gasteiger partial charge < -0.3 is 4.74 Å². The topological polar surface area (TPSA) is 63.6 Å². The van der Waals surface area contributed by atoms with Crippen LogP contribution in [-0.4, -0.2) is 25.5 Å². The summed E-state index contributed by atoms with van der Waals surface area (Å²) in [4.78, 5) is 0. The van der Waals surface area contributed by atoms with Crippen molar-refractivity contribution in [3.05, 3.63) is 12.2 Å². The van der Waals surface area contributed by atoms with E-state index < -0.39 is 15.6 Å². The molecule has 74 valence electrons. The van der Waals surface area contributed by atoms with Crippen molar-refractivity contribution in [2.24, 2.45) is 0 Å². The van der Waals surface area contributed by atoms with E-state index in [0.29, 0.717) is 0 Å². The Morgan fingerprint density at radius 1 is 1.50 bits per heavy atom. The van der Waals surface area contributed by atoms with Crippen LogP contribution in [0.5, 0.6) is 0 Å². The van der Waals surface area contributed by atoms with Crippen molar-refractivity contribution in [1.29, 1.82) is 0 Å². The van der Waals surface area contributed by atoms with Gasteiger partial charge in [0.25, 0.3) is 10.1 Å². The second-order valence-corrected chi connectivity index (χ2v) is 4.22. The van der Waals surface area contributed by atoms with Gasteiger partial charge in [0.1, 0.15) is 0 Å². The molecule has 0 saturated heterocycles. The second kappa shape index (κ2) is 6.16. The summed E-state index contributed by atoms with van der Waals surface area (Å²) in [5.41, 5.74) is 0.0440. The van der Waals surface area contributed by atoms with E-state index in [2.05, 4.69) is 11.3 Å². The zero-order chi connectivity index (χ0) is 10.4. The van der Waals surface area contributed by atoms with Crippen LogP contribution < -0.4 is 0 Å². The SMILES string of the molecule is C=C(C)C.COC(C)S(=O)(=O)O. The van der Waals surface area contributed by atoms with Crippen LogP contribution in [0.15, 0.2) is 12.2 Å². The average Bonchev–Trinajstić information content (AvgIpc) is 1.82. The molecule has 0 bridgehead atoms. The summed E-state index contributed by atoms with van der Waals surface area (Å²) in [5.74, 6) is 0. The number of rotatable bonds is 2. The Hall–Kier alpha value is -0.390. The molecule has 0 rings (SSSR count). The average molecular weight is 196 g/mol. The van der Waals surface area contributed by atoms with Crippen molar-refractivity contribution >= 4 is 10.1 Å². The molecule has 0 aromatic rings. The number of methoxy groups -OCH3 is 1.